The molecule has 0 bridgehead atoms. The minimum absolute atomic E-state index is 0.0324. The molecule has 0 aliphatic carbocycles. The van der Waals surface area contributed by atoms with Crippen molar-refractivity contribution in [1.82, 2.24) is 4.90 Å². The first kappa shape index (κ1) is 13.4. The molecule has 0 radical (unpaired) electrons. The van der Waals surface area contributed by atoms with E-state index in [2.05, 4.69) is 0 Å². The van der Waals surface area contributed by atoms with Crippen LogP contribution in [0.25, 0.3) is 0 Å². The van der Waals surface area contributed by atoms with E-state index in [1.165, 1.54) is 0 Å². The van der Waals surface area contributed by atoms with Crippen molar-refractivity contribution in [2.45, 2.75) is 13.8 Å². The number of sulfone groups is 1. The van der Waals surface area contributed by atoms with Crippen molar-refractivity contribution in [1.29, 1.82) is 0 Å². The summed E-state index contributed by atoms with van der Waals surface area (Å²) < 4.78 is 22.3. The first-order valence-electron chi connectivity index (χ1n) is 4.55. The minimum Gasteiger partial charge on any atom is -0.480 e. The third kappa shape index (κ3) is 5.93. The van der Waals surface area contributed by atoms with Gasteiger partial charge in [-0.3, -0.25) is 9.69 Å². The molecule has 6 heteroatoms. The summed E-state index contributed by atoms with van der Waals surface area (Å²) in [4.78, 5) is 12.0. The Kier molecular flexibility index (Phi) is 5.71. The van der Waals surface area contributed by atoms with Crippen molar-refractivity contribution >= 4 is 15.8 Å². The van der Waals surface area contributed by atoms with Gasteiger partial charge in [-0.1, -0.05) is 13.8 Å². The van der Waals surface area contributed by atoms with Crippen molar-refractivity contribution in [3.63, 3.8) is 0 Å². The maximum absolute atomic E-state index is 11.1. The number of hydrogen-bond donors (Lipinski definition) is 1. The van der Waals surface area contributed by atoms with Crippen molar-refractivity contribution in [3.8, 4) is 0 Å². The zero-order valence-electron chi connectivity index (χ0n) is 8.56. The summed E-state index contributed by atoms with van der Waals surface area (Å²) in [5, 5.41) is 8.51. The molecule has 0 aliphatic heterocycles. The lowest BCUT2D eigenvalue weighted by atomic mass is 10.5. The third-order valence-electron chi connectivity index (χ3n) is 1.96. The zero-order chi connectivity index (χ0) is 11.2. The number of nitrogens with zero attached hydrogens (tertiary/aromatic N) is 1. The molecule has 0 unspecified atom stereocenters. The van der Waals surface area contributed by atoms with Crippen LogP contribution in [0.1, 0.15) is 13.8 Å². The number of carbonyl (C=O) groups is 1. The van der Waals surface area contributed by atoms with Crippen molar-refractivity contribution in [2.75, 3.05) is 31.1 Å². The van der Waals surface area contributed by atoms with Gasteiger partial charge in [0.05, 0.1) is 12.3 Å². The second-order valence-electron chi connectivity index (χ2n) is 3.00. The van der Waals surface area contributed by atoms with E-state index in [9.17, 15) is 13.2 Å². The lowest BCUT2D eigenvalue weighted by Crippen LogP contribution is -2.34. The molecule has 0 aromatic rings. The predicted molar refractivity (Wildman–Crippen MR) is 54.1 cm³/mol. The summed E-state index contributed by atoms with van der Waals surface area (Å²) in [7, 11) is -3.00. The van der Waals surface area contributed by atoms with Gasteiger partial charge in [-0.2, -0.15) is 0 Å². The van der Waals surface area contributed by atoms with Gasteiger partial charge in [-0.15, -0.1) is 0 Å². The summed E-state index contributed by atoms with van der Waals surface area (Å²) in [6.45, 7) is 4.13. The highest BCUT2D eigenvalue weighted by atomic mass is 32.2. The van der Waals surface area contributed by atoms with Crippen molar-refractivity contribution in [2.24, 2.45) is 0 Å². The number of likely N-dealkylation sites (N-methyl/N-ethyl adjacent to an activating group) is 1. The Balaban J connectivity index is 4.02. The molecule has 0 aliphatic rings. The third-order valence-corrected chi connectivity index (χ3v) is 3.65. The monoisotopic (exact) mass is 223 g/mol. The van der Waals surface area contributed by atoms with Gasteiger partial charge in [0.2, 0.25) is 0 Å². The van der Waals surface area contributed by atoms with Gasteiger partial charge in [0.25, 0.3) is 0 Å². The first-order chi connectivity index (χ1) is 6.41. The minimum atomic E-state index is -3.00. The molecular weight excluding hydrogens is 206 g/mol. The first-order valence-corrected chi connectivity index (χ1v) is 6.38. The van der Waals surface area contributed by atoms with Crippen LogP contribution in [0.15, 0.2) is 0 Å². The van der Waals surface area contributed by atoms with E-state index >= 15 is 0 Å². The SMILES string of the molecule is CCN(CCS(=O)(=O)CC)CC(=O)O. The van der Waals surface area contributed by atoms with Crippen LogP contribution in [0.5, 0.6) is 0 Å². The van der Waals surface area contributed by atoms with Crippen LogP contribution >= 0.6 is 0 Å². The normalized spacial score (nSPS) is 11.9. The average molecular weight is 223 g/mol. The number of carboxylic acids is 1. The number of aliphatic carboxylic acids is 1. The van der Waals surface area contributed by atoms with E-state index in [1.54, 1.807) is 11.8 Å². The van der Waals surface area contributed by atoms with E-state index in [0.717, 1.165) is 0 Å². The predicted octanol–water partition coefficient (Wildman–Crippen LogP) is -0.172. The van der Waals surface area contributed by atoms with Crippen molar-refractivity contribution in [3.05, 3.63) is 0 Å². The molecule has 0 amide bonds. The quantitative estimate of drug-likeness (QED) is 0.648. The summed E-state index contributed by atoms with van der Waals surface area (Å²) in [6, 6.07) is 0. The van der Waals surface area contributed by atoms with Crippen LogP contribution in [-0.4, -0.2) is 55.5 Å². The summed E-state index contributed by atoms with van der Waals surface area (Å²) in [5.41, 5.74) is 0. The van der Waals surface area contributed by atoms with Crippen LogP contribution in [0.2, 0.25) is 0 Å². The summed E-state index contributed by atoms with van der Waals surface area (Å²) in [6.07, 6.45) is 0. The molecule has 0 saturated heterocycles. The van der Waals surface area contributed by atoms with Crippen LogP contribution in [0.4, 0.5) is 0 Å². The highest BCUT2D eigenvalue weighted by Crippen LogP contribution is 1.93. The molecule has 1 N–H and O–H groups in total. The summed E-state index contributed by atoms with van der Waals surface area (Å²) >= 11 is 0. The van der Waals surface area contributed by atoms with Crippen LogP contribution in [0, 0.1) is 0 Å². The second kappa shape index (κ2) is 5.98. The molecule has 0 saturated carbocycles. The molecule has 14 heavy (non-hydrogen) atoms. The largest absolute Gasteiger partial charge is 0.480 e. The Morgan fingerprint density at radius 2 is 1.93 bits per heavy atom. The Morgan fingerprint density at radius 3 is 2.29 bits per heavy atom. The van der Waals surface area contributed by atoms with Crippen LogP contribution < -0.4 is 0 Å². The van der Waals surface area contributed by atoms with E-state index in [4.69, 9.17) is 5.11 Å². The van der Waals surface area contributed by atoms with Gasteiger partial charge in [-0.25, -0.2) is 8.42 Å². The van der Waals surface area contributed by atoms with Gasteiger partial charge in [0.1, 0.15) is 0 Å². The molecule has 0 aromatic carbocycles. The topological polar surface area (TPSA) is 74.7 Å². The Bertz CT molecular complexity index is 273. The Labute approximate surface area is 84.6 Å². The van der Waals surface area contributed by atoms with Crippen molar-refractivity contribution < 1.29 is 18.3 Å². The van der Waals surface area contributed by atoms with Gasteiger partial charge in [0, 0.05) is 12.3 Å². The second-order valence-corrected chi connectivity index (χ2v) is 5.47. The Hall–Kier alpha value is -0.620. The Morgan fingerprint density at radius 1 is 1.36 bits per heavy atom. The highest BCUT2D eigenvalue weighted by Gasteiger charge is 2.12. The van der Waals surface area contributed by atoms with Crippen LogP contribution in [-0.2, 0) is 14.6 Å². The smallest absolute Gasteiger partial charge is 0.317 e. The molecule has 0 fully saturated rings. The molecule has 84 valence electrons. The van der Waals surface area contributed by atoms with E-state index in [0.29, 0.717) is 13.1 Å². The average Bonchev–Trinajstić information content (AvgIpc) is 2.12. The zero-order valence-corrected chi connectivity index (χ0v) is 9.38. The van der Waals surface area contributed by atoms with E-state index < -0.39 is 15.8 Å². The standard InChI is InChI=1S/C8H17NO4S/c1-3-9(7-8(10)11)5-6-14(12,13)4-2/h3-7H2,1-2H3,(H,10,11). The lowest BCUT2D eigenvalue weighted by Gasteiger charge is -2.17. The molecule has 0 aromatic heterocycles. The fourth-order valence-corrected chi connectivity index (χ4v) is 1.78. The fraction of sp³-hybridized carbons (Fsp3) is 0.875. The highest BCUT2D eigenvalue weighted by molar-refractivity contribution is 7.91. The molecular formula is C8H17NO4S. The van der Waals surface area contributed by atoms with Gasteiger partial charge < -0.3 is 5.11 Å². The lowest BCUT2D eigenvalue weighted by molar-refractivity contribution is -0.138. The van der Waals surface area contributed by atoms with Gasteiger partial charge >= 0.3 is 5.97 Å². The van der Waals surface area contributed by atoms with Crippen LogP contribution in [0.3, 0.4) is 0 Å². The molecule has 0 atom stereocenters. The maximum atomic E-state index is 11.1. The summed E-state index contributed by atoms with van der Waals surface area (Å²) in [5.74, 6) is -0.789. The molecule has 0 heterocycles. The van der Waals surface area contributed by atoms with Gasteiger partial charge in [-0.05, 0) is 6.54 Å². The molecule has 0 spiro atoms. The maximum Gasteiger partial charge on any atom is 0.317 e. The van der Waals surface area contributed by atoms with Gasteiger partial charge in [0.15, 0.2) is 9.84 Å². The number of rotatable bonds is 7. The molecule has 0 rings (SSSR count). The molecule has 5 nitrogen and oxygen atoms in total. The number of carboxylic acid groups (broad SMARTS) is 1. The van der Waals surface area contributed by atoms with E-state index in [-0.39, 0.29) is 18.1 Å². The van der Waals surface area contributed by atoms with E-state index in [1.807, 2.05) is 6.92 Å². The number of hydrogen-bond acceptors (Lipinski definition) is 4. The fourth-order valence-electron chi connectivity index (χ4n) is 0.953.